The molecule has 1 saturated heterocycles. The summed E-state index contributed by atoms with van der Waals surface area (Å²) in [6.07, 6.45) is 1.11. The van der Waals surface area contributed by atoms with Crippen molar-refractivity contribution < 1.29 is 22.0 Å². The number of halogens is 2. The molecule has 1 amide bonds. The van der Waals surface area contributed by atoms with E-state index in [-0.39, 0.29) is 22.1 Å². The molecule has 3 aromatic rings. The lowest BCUT2D eigenvalue weighted by Crippen LogP contribution is -2.31. The largest absolute Gasteiger partial charge is 0.320 e. The van der Waals surface area contributed by atoms with E-state index in [4.69, 9.17) is 0 Å². The lowest BCUT2D eigenvalue weighted by molar-refractivity contribution is 0.102. The number of benzene rings is 2. The van der Waals surface area contributed by atoms with Crippen LogP contribution in [0.4, 0.5) is 14.5 Å². The van der Waals surface area contributed by atoms with Crippen LogP contribution >= 0.6 is 11.3 Å². The summed E-state index contributed by atoms with van der Waals surface area (Å²) in [6, 6.07) is 8.48. The van der Waals surface area contributed by atoms with Crippen molar-refractivity contribution in [3.8, 4) is 0 Å². The van der Waals surface area contributed by atoms with Gasteiger partial charge in [-0.3, -0.25) is 4.79 Å². The van der Waals surface area contributed by atoms with E-state index in [0.717, 1.165) is 17.4 Å². The average Bonchev–Trinajstić information content (AvgIpc) is 3.39. The lowest BCUT2D eigenvalue weighted by atomic mass is 10.2. The molecular weight excluding hydrogens is 446 g/mol. The summed E-state index contributed by atoms with van der Waals surface area (Å²) >= 11 is 0.976. The van der Waals surface area contributed by atoms with Crippen molar-refractivity contribution in [2.24, 2.45) is 0 Å². The fraction of sp³-hybridized carbons (Fsp3) is 0.250. The van der Waals surface area contributed by atoms with Gasteiger partial charge in [-0.2, -0.15) is 4.31 Å². The van der Waals surface area contributed by atoms with Crippen molar-refractivity contribution in [3.63, 3.8) is 0 Å². The Balaban J connectivity index is 1.58. The molecule has 0 aliphatic carbocycles. The van der Waals surface area contributed by atoms with Gasteiger partial charge in [0.05, 0.1) is 10.9 Å². The zero-order chi connectivity index (χ0) is 22.2. The highest BCUT2D eigenvalue weighted by Gasteiger charge is 2.39. The van der Waals surface area contributed by atoms with Crippen molar-refractivity contribution in [2.45, 2.75) is 30.7 Å². The van der Waals surface area contributed by atoms with Gasteiger partial charge in [0.25, 0.3) is 5.91 Å². The molecule has 1 aromatic heterocycles. The molecule has 7 nitrogen and oxygen atoms in total. The summed E-state index contributed by atoms with van der Waals surface area (Å²) in [6.45, 7) is 1.87. The Morgan fingerprint density at radius 1 is 1.16 bits per heavy atom. The first-order valence-corrected chi connectivity index (χ1v) is 11.7. The number of aromatic nitrogens is 2. The first-order valence-electron chi connectivity index (χ1n) is 9.44. The Morgan fingerprint density at radius 2 is 1.94 bits per heavy atom. The molecule has 0 saturated carbocycles. The molecule has 2 heterocycles. The van der Waals surface area contributed by atoms with Crippen LogP contribution in [0.3, 0.4) is 0 Å². The minimum Gasteiger partial charge on any atom is -0.320 e. The predicted octanol–water partition coefficient (Wildman–Crippen LogP) is 3.90. The number of carbonyl (C=O) groups excluding carboxylic acids is 1. The molecular formula is C20H18F2N4O3S2. The molecule has 162 valence electrons. The molecule has 1 fully saturated rings. The predicted molar refractivity (Wildman–Crippen MR) is 111 cm³/mol. The minimum atomic E-state index is -3.96. The Bertz CT molecular complexity index is 1250. The van der Waals surface area contributed by atoms with E-state index >= 15 is 0 Å². The fourth-order valence-corrected chi connectivity index (χ4v) is 6.32. The number of hydrogen-bond donors (Lipinski definition) is 1. The molecule has 2 aromatic carbocycles. The standard InChI is InChI=1S/C20H18F2N4O3S2/c1-12-7-8-14(22)11-17(12)31(28,29)26-9-3-6-16(26)19-24-25-20(30-19)18(27)23-15-5-2-4-13(21)10-15/h2,4-5,7-8,10-11,16H,3,6,9H2,1H3,(H,23,27). The van der Waals surface area contributed by atoms with Crippen molar-refractivity contribution in [1.29, 1.82) is 0 Å². The summed E-state index contributed by atoms with van der Waals surface area (Å²) in [4.78, 5) is 12.3. The van der Waals surface area contributed by atoms with E-state index in [1.54, 1.807) is 6.92 Å². The van der Waals surface area contributed by atoms with Crippen LogP contribution in [0.2, 0.25) is 0 Å². The van der Waals surface area contributed by atoms with Gasteiger partial charge in [-0.1, -0.05) is 23.5 Å². The second-order valence-electron chi connectivity index (χ2n) is 7.09. The SMILES string of the molecule is Cc1ccc(F)cc1S(=O)(=O)N1CCCC1c1nnc(C(=O)Nc2cccc(F)c2)s1. The average molecular weight is 465 g/mol. The number of nitrogens with one attached hydrogen (secondary N) is 1. The Morgan fingerprint density at radius 3 is 2.71 bits per heavy atom. The van der Waals surface area contributed by atoms with Gasteiger partial charge in [0.15, 0.2) is 0 Å². The molecule has 1 aliphatic rings. The van der Waals surface area contributed by atoms with Gasteiger partial charge in [0.1, 0.15) is 16.6 Å². The summed E-state index contributed by atoms with van der Waals surface area (Å²) in [5.41, 5.74) is 0.716. The summed E-state index contributed by atoms with van der Waals surface area (Å²) in [5.74, 6) is -1.69. The molecule has 1 aliphatic heterocycles. The minimum absolute atomic E-state index is 0.0328. The van der Waals surface area contributed by atoms with Gasteiger partial charge < -0.3 is 5.32 Å². The van der Waals surface area contributed by atoms with Crippen LogP contribution in [-0.4, -0.2) is 35.4 Å². The van der Waals surface area contributed by atoms with E-state index in [1.165, 1.54) is 40.7 Å². The summed E-state index contributed by atoms with van der Waals surface area (Å²) in [7, 11) is -3.96. The van der Waals surface area contributed by atoms with E-state index < -0.39 is 33.6 Å². The summed E-state index contributed by atoms with van der Waals surface area (Å²) < 4.78 is 54.7. The molecule has 0 radical (unpaired) electrons. The highest BCUT2D eigenvalue weighted by atomic mass is 32.2. The second kappa shape index (κ2) is 8.40. The molecule has 1 unspecified atom stereocenters. The van der Waals surface area contributed by atoms with Crippen molar-refractivity contribution in [2.75, 3.05) is 11.9 Å². The highest BCUT2D eigenvalue weighted by molar-refractivity contribution is 7.89. The van der Waals surface area contributed by atoms with Gasteiger partial charge in [-0.05, 0) is 55.7 Å². The van der Waals surface area contributed by atoms with Crippen LogP contribution in [-0.2, 0) is 10.0 Å². The van der Waals surface area contributed by atoms with Gasteiger partial charge in [0, 0.05) is 12.2 Å². The Labute approximate surface area is 181 Å². The smallest absolute Gasteiger partial charge is 0.286 e. The van der Waals surface area contributed by atoms with E-state index in [1.807, 2.05) is 0 Å². The zero-order valence-corrected chi connectivity index (χ0v) is 18.0. The van der Waals surface area contributed by atoms with E-state index in [9.17, 15) is 22.0 Å². The van der Waals surface area contributed by atoms with Crippen molar-refractivity contribution in [1.82, 2.24) is 14.5 Å². The van der Waals surface area contributed by atoms with Gasteiger partial charge in [0.2, 0.25) is 15.0 Å². The number of anilines is 1. The Hall–Kier alpha value is -2.76. The first kappa shape index (κ1) is 21.5. The molecule has 0 bridgehead atoms. The van der Waals surface area contributed by atoms with Crippen LogP contribution in [0, 0.1) is 18.6 Å². The molecule has 1 N–H and O–H groups in total. The topological polar surface area (TPSA) is 92.3 Å². The third kappa shape index (κ3) is 4.34. The van der Waals surface area contributed by atoms with Gasteiger partial charge in [-0.15, -0.1) is 10.2 Å². The second-order valence-corrected chi connectivity index (χ2v) is 9.96. The van der Waals surface area contributed by atoms with Crippen LogP contribution < -0.4 is 5.32 Å². The van der Waals surface area contributed by atoms with E-state index in [0.29, 0.717) is 23.4 Å². The van der Waals surface area contributed by atoms with Crippen LogP contribution in [0.5, 0.6) is 0 Å². The number of carbonyl (C=O) groups is 1. The van der Waals surface area contributed by atoms with Crippen molar-refractivity contribution >= 4 is 33.0 Å². The molecule has 0 spiro atoms. The normalized spacial score (nSPS) is 17.1. The highest BCUT2D eigenvalue weighted by Crippen LogP contribution is 2.38. The lowest BCUT2D eigenvalue weighted by Gasteiger charge is -2.23. The maximum atomic E-state index is 13.7. The number of amides is 1. The monoisotopic (exact) mass is 464 g/mol. The number of aryl methyl sites for hydroxylation is 1. The molecule has 1 atom stereocenters. The maximum absolute atomic E-state index is 13.7. The third-order valence-corrected chi connectivity index (χ3v) is 8.02. The quantitative estimate of drug-likeness (QED) is 0.618. The Kier molecular flexibility index (Phi) is 5.82. The molecule has 11 heteroatoms. The van der Waals surface area contributed by atoms with Crippen LogP contribution in [0.1, 0.15) is 39.3 Å². The van der Waals surface area contributed by atoms with Crippen LogP contribution in [0.25, 0.3) is 0 Å². The number of rotatable bonds is 5. The van der Waals surface area contributed by atoms with Gasteiger partial charge >= 0.3 is 0 Å². The number of nitrogens with zero attached hydrogens (tertiary/aromatic N) is 3. The fourth-order valence-electron chi connectivity index (χ4n) is 3.46. The molecule has 4 rings (SSSR count). The molecule has 31 heavy (non-hydrogen) atoms. The van der Waals surface area contributed by atoms with E-state index in [2.05, 4.69) is 15.5 Å². The first-order chi connectivity index (χ1) is 14.8. The number of hydrogen-bond acceptors (Lipinski definition) is 6. The van der Waals surface area contributed by atoms with Crippen molar-refractivity contribution in [3.05, 3.63) is 69.7 Å². The third-order valence-electron chi connectivity index (χ3n) is 4.94. The number of sulfonamides is 1. The maximum Gasteiger partial charge on any atom is 0.286 e. The summed E-state index contributed by atoms with van der Waals surface area (Å²) in [5, 5.41) is 10.9. The van der Waals surface area contributed by atoms with Gasteiger partial charge in [-0.25, -0.2) is 17.2 Å². The zero-order valence-electron chi connectivity index (χ0n) is 16.4. The van der Waals surface area contributed by atoms with Crippen LogP contribution in [0.15, 0.2) is 47.4 Å².